The lowest BCUT2D eigenvalue weighted by atomic mass is 9.94. The van der Waals surface area contributed by atoms with E-state index < -0.39 is 0 Å². The molecular formula is C16H16Cl2O. The summed E-state index contributed by atoms with van der Waals surface area (Å²) in [6.45, 7) is 0. The molecule has 2 aromatic carbocycles. The molecule has 0 fully saturated rings. The van der Waals surface area contributed by atoms with E-state index in [0.29, 0.717) is 17.5 Å². The average Bonchev–Trinajstić information content (AvgIpc) is 2.38. The number of hydrogen-bond donors (Lipinski definition) is 1. The van der Waals surface area contributed by atoms with Gasteiger partial charge in [0.15, 0.2) is 0 Å². The van der Waals surface area contributed by atoms with E-state index in [4.69, 9.17) is 23.2 Å². The largest absolute Gasteiger partial charge is 0.508 e. The molecule has 100 valence electrons. The van der Waals surface area contributed by atoms with Gasteiger partial charge in [0.1, 0.15) is 5.75 Å². The molecule has 1 nitrogen and oxygen atoms in total. The number of phenolic OH excluding ortho intramolecular Hbond substituents is 1. The maximum atomic E-state index is 9.47. The van der Waals surface area contributed by atoms with E-state index in [-0.39, 0.29) is 0 Å². The summed E-state index contributed by atoms with van der Waals surface area (Å²) in [4.78, 5) is 0. The molecule has 1 unspecified atom stereocenters. The maximum absolute atomic E-state index is 9.47. The Hall–Kier alpha value is -1.18. The second-order valence-electron chi connectivity index (χ2n) is 4.73. The predicted octanol–water partition coefficient (Wildman–Crippen LogP) is 4.69. The third-order valence-electron chi connectivity index (χ3n) is 3.07. The van der Waals surface area contributed by atoms with Crippen molar-refractivity contribution in [2.75, 3.05) is 5.88 Å². The molecule has 1 atom stereocenters. The number of rotatable bonds is 5. The maximum Gasteiger partial charge on any atom is 0.115 e. The Morgan fingerprint density at radius 1 is 0.947 bits per heavy atom. The Balaban J connectivity index is 2.04. The van der Waals surface area contributed by atoms with Gasteiger partial charge in [0, 0.05) is 10.9 Å². The molecule has 0 aliphatic heterocycles. The molecule has 0 heterocycles. The fourth-order valence-electron chi connectivity index (χ4n) is 2.20. The van der Waals surface area contributed by atoms with Crippen molar-refractivity contribution < 1.29 is 5.11 Å². The number of halogens is 2. The predicted molar refractivity (Wildman–Crippen MR) is 81.2 cm³/mol. The second kappa shape index (κ2) is 6.83. The van der Waals surface area contributed by atoms with E-state index >= 15 is 0 Å². The van der Waals surface area contributed by atoms with Crippen LogP contribution in [0, 0.1) is 5.92 Å². The first-order valence-corrected chi connectivity index (χ1v) is 7.17. The zero-order valence-electron chi connectivity index (χ0n) is 10.5. The van der Waals surface area contributed by atoms with Crippen molar-refractivity contribution in [3.05, 3.63) is 64.7 Å². The van der Waals surface area contributed by atoms with Crippen LogP contribution in [0.3, 0.4) is 0 Å². The van der Waals surface area contributed by atoms with Crippen LogP contribution in [-0.2, 0) is 12.8 Å². The van der Waals surface area contributed by atoms with Crippen LogP contribution >= 0.6 is 23.2 Å². The normalized spacial score (nSPS) is 12.3. The molecule has 2 rings (SSSR count). The van der Waals surface area contributed by atoms with Crippen LogP contribution in [0.4, 0.5) is 0 Å². The first kappa shape index (κ1) is 14.2. The molecule has 0 spiro atoms. The number of phenols is 1. The van der Waals surface area contributed by atoms with Crippen molar-refractivity contribution in [3.8, 4) is 5.75 Å². The third kappa shape index (κ3) is 4.45. The highest BCUT2D eigenvalue weighted by atomic mass is 35.5. The fourth-order valence-corrected chi connectivity index (χ4v) is 2.63. The average molecular weight is 295 g/mol. The standard InChI is InChI=1S/C16H16Cl2O/c17-11-14(7-12-3-1-5-15(18)9-12)8-13-4-2-6-16(19)10-13/h1-6,9-10,14,19H,7-8,11H2. The van der Waals surface area contributed by atoms with Crippen LogP contribution in [0.5, 0.6) is 5.75 Å². The molecular weight excluding hydrogens is 279 g/mol. The molecule has 0 saturated heterocycles. The molecule has 0 aliphatic rings. The number of aromatic hydroxyl groups is 1. The van der Waals surface area contributed by atoms with Crippen molar-refractivity contribution in [1.82, 2.24) is 0 Å². The Morgan fingerprint density at radius 2 is 1.58 bits per heavy atom. The Labute approximate surface area is 123 Å². The number of hydrogen-bond acceptors (Lipinski definition) is 1. The van der Waals surface area contributed by atoms with Gasteiger partial charge in [0.2, 0.25) is 0 Å². The number of benzene rings is 2. The highest BCUT2D eigenvalue weighted by molar-refractivity contribution is 6.30. The Kier molecular flexibility index (Phi) is 5.12. The molecule has 0 amide bonds. The summed E-state index contributed by atoms with van der Waals surface area (Å²) in [6, 6.07) is 15.2. The molecule has 0 saturated carbocycles. The van der Waals surface area contributed by atoms with Crippen molar-refractivity contribution in [3.63, 3.8) is 0 Å². The van der Waals surface area contributed by atoms with Crippen molar-refractivity contribution >= 4 is 23.2 Å². The second-order valence-corrected chi connectivity index (χ2v) is 5.47. The lowest BCUT2D eigenvalue weighted by Crippen LogP contribution is -2.10. The van der Waals surface area contributed by atoms with Gasteiger partial charge in [-0.25, -0.2) is 0 Å². The summed E-state index contributed by atoms with van der Waals surface area (Å²) in [5, 5.41) is 10.2. The van der Waals surface area contributed by atoms with Gasteiger partial charge < -0.3 is 5.11 Å². The highest BCUT2D eigenvalue weighted by Gasteiger charge is 2.10. The fraction of sp³-hybridized carbons (Fsp3) is 0.250. The molecule has 0 radical (unpaired) electrons. The summed E-state index contributed by atoms with van der Waals surface area (Å²) in [5.41, 5.74) is 2.30. The Morgan fingerprint density at radius 3 is 2.16 bits per heavy atom. The zero-order chi connectivity index (χ0) is 13.7. The van der Waals surface area contributed by atoms with Gasteiger partial charge >= 0.3 is 0 Å². The van der Waals surface area contributed by atoms with E-state index in [9.17, 15) is 5.11 Å². The van der Waals surface area contributed by atoms with Gasteiger partial charge in [-0.2, -0.15) is 0 Å². The van der Waals surface area contributed by atoms with Crippen molar-refractivity contribution in [2.45, 2.75) is 12.8 Å². The van der Waals surface area contributed by atoms with Crippen LogP contribution in [-0.4, -0.2) is 11.0 Å². The summed E-state index contributed by atoms with van der Waals surface area (Å²) in [5.74, 6) is 1.22. The van der Waals surface area contributed by atoms with E-state index in [1.807, 2.05) is 30.3 Å². The van der Waals surface area contributed by atoms with E-state index in [1.54, 1.807) is 12.1 Å². The van der Waals surface area contributed by atoms with E-state index in [2.05, 4.69) is 6.07 Å². The smallest absolute Gasteiger partial charge is 0.115 e. The third-order valence-corrected chi connectivity index (χ3v) is 3.74. The molecule has 3 heteroatoms. The van der Waals surface area contributed by atoms with Gasteiger partial charge in [-0.1, -0.05) is 35.9 Å². The first-order chi connectivity index (χ1) is 9.17. The topological polar surface area (TPSA) is 20.2 Å². The molecule has 19 heavy (non-hydrogen) atoms. The zero-order valence-corrected chi connectivity index (χ0v) is 12.0. The molecule has 0 aliphatic carbocycles. The SMILES string of the molecule is Oc1cccc(CC(CCl)Cc2cccc(Cl)c2)c1. The van der Waals surface area contributed by atoms with Crippen molar-refractivity contribution in [2.24, 2.45) is 5.92 Å². The van der Waals surface area contributed by atoms with E-state index in [0.717, 1.165) is 23.4 Å². The molecule has 0 aromatic heterocycles. The van der Waals surface area contributed by atoms with Gasteiger partial charge in [-0.15, -0.1) is 11.6 Å². The molecule has 0 bridgehead atoms. The van der Waals surface area contributed by atoms with Crippen LogP contribution < -0.4 is 0 Å². The van der Waals surface area contributed by atoms with E-state index in [1.165, 1.54) is 5.56 Å². The summed E-state index contributed by atoms with van der Waals surface area (Å²) < 4.78 is 0. The van der Waals surface area contributed by atoms with Crippen molar-refractivity contribution in [1.29, 1.82) is 0 Å². The van der Waals surface area contributed by atoms with Crippen LogP contribution in [0.15, 0.2) is 48.5 Å². The minimum absolute atomic E-state index is 0.300. The monoisotopic (exact) mass is 294 g/mol. The quantitative estimate of drug-likeness (QED) is 0.794. The minimum atomic E-state index is 0.300. The first-order valence-electron chi connectivity index (χ1n) is 6.25. The summed E-state index contributed by atoms with van der Waals surface area (Å²) in [6.07, 6.45) is 1.74. The van der Waals surface area contributed by atoms with Gasteiger partial charge in [-0.3, -0.25) is 0 Å². The van der Waals surface area contributed by atoms with Gasteiger partial charge in [0.25, 0.3) is 0 Å². The summed E-state index contributed by atoms with van der Waals surface area (Å²) >= 11 is 12.0. The number of alkyl halides is 1. The lowest BCUT2D eigenvalue weighted by molar-refractivity contribution is 0.473. The summed E-state index contributed by atoms with van der Waals surface area (Å²) in [7, 11) is 0. The minimum Gasteiger partial charge on any atom is -0.508 e. The lowest BCUT2D eigenvalue weighted by Gasteiger charge is -2.14. The van der Waals surface area contributed by atoms with Crippen LogP contribution in [0.1, 0.15) is 11.1 Å². The molecule has 1 N–H and O–H groups in total. The van der Waals surface area contributed by atoms with Crippen LogP contribution in [0.25, 0.3) is 0 Å². The highest BCUT2D eigenvalue weighted by Crippen LogP contribution is 2.20. The van der Waals surface area contributed by atoms with Gasteiger partial charge in [-0.05, 0) is 54.2 Å². The molecule has 2 aromatic rings. The Bertz CT molecular complexity index is 492. The van der Waals surface area contributed by atoms with Crippen LogP contribution in [0.2, 0.25) is 5.02 Å². The van der Waals surface area contributed by atoms with Gasteiger partial charge in [0.05, 0.1) is 0 Å².